The summed E-state index contributed by atoms with van der Waals surface area (Å²) in [6.07, 6.45) is 6.65. The van der Waals surface area contributed by atoms with Crippen LogP contribution in [0.5, 0.6) is 0 Å². The molecule has 0 aromatic heterocycles. The third-order valence-corrected chi connectivity index (χ3v) is 4.56. The predicted octanol–water partition coefficient (Wildman–Crippen LogP) is 5.56. The molecule has 2 heteroatoms. The van der Waals surface area contributed by atoms with Gasteiger partial charge in [0.1, 0.15) is 5.82 Å². The van der Waals surface area contributed by atoms with Gasteiger partial charge in [-0.05, 0) is 54.7 Å². The van der Waals surface area contributed by atoms with Crippen LogP contribution in [0.3, 0.4) is 0 Å². The van der Waals surface area contributed by atoms with Crippen LogP contribution in [0.2, 0.25) is 0 Å². The molecule has 112 valence electrons. The molecule has 0 unspecified atom stereocenters. The zero-order valence-electron chi connectivity index (χ0n) is 12.5. The van der Waals surface area contributed by atoms with Gasteiger partial charge in [-0.2, -0.15) is 0 Å². The number of benzene rings is 2. The molecule has 0 atom stereocenters. The zero-order valence-corrected chi connectivity index (χ0v) is 13.4. The van der Waals surface area contributed by atoms with E-state index in [0.717, 1.165) is 5.56 Å². The summed E-state index contributed by atoms with van der Waals surface area (Å²) < 4.78 is 13.7. The minimum atomic E-state index is -0.321. The summed E-state index contributed by atoms with van der Waals surface area (Å²) in [7, 11) is 0. The SMILES string of the molecule is Fc1cc(S)ccc1C#Cc1ccc(C2CCCCC2)cc1. The lowest BCUT2D eigenvalue weighted by atomic mass is 9.84. The van der Waals surface area contributed by atoms with Crippen molar-refractivity contribution in [2.24, 2.45) is 0 Å². The van der Waals surface area contributed by atoms with Crippen LogP contribution in [0.1, 0.15) is 54.7 Å². The van der Waals surface area contributed by atoms with Gasteiger partial charge in [0.25, 0.3) is 0 Å². The van der Waals surface area contributed by atoms with E-state index in [9.17, 15) is 4.39 Å². The van der Waals surface area contributed by atoms with Gasteiger partial charge in [0.2, 0.25) is 0 Å². The number of halogens is 1. The molecule has 1 fully saturated rings. The van der Waals surface area contributed by atoms with Crippen molar-refractivity contribution in [3.63, 3.8) is 0 Å². The fourth-order valence-corrected chi connectivity index (χ4v) is 3.21. The number of thiol groups is 1. The molecule has 2 aromatic carbocycles. The first-order chi connectivity index (χ1) is 10.7. The predicted molar refractivity (Wildman–Crippen MR) is 91.9 cm³/mol. The number of rotatable bonds is 1. The van der Waals surface area contributed by atoms with Crippen LogP contribution in [-0.4, -0.2) is 0 Å². The zero-order chi connectivity index (χ0) is 15.4. The van der Waals surface area contributed by atoms with Crippen molar-refractivity contribution < 1.29 is 4.39 Å². The van der Waals surface area contributed by atoms with Gasteiger partial charge in [-0.15, -0.1) is 12.6 Å². The minimum Gasteiger partial charge on any atom is -0.206 e. The molecule has 22 heavy (non-hydrogen) atoms. The molecule has 1 aliphatic carbocycles. The molecule has 0 aliphatic heterocycles. The van der Waals surface area contributed by atoms with Crippen molar-refractivity contribution >= 4 is 12.6 Å². The van der Waals surface area contributed by atoms with E-state index in [1.807, 2.05) is 12.1 Å². The minimum absolute atomic E-state index is 0.321. The maximum atomic E-state index is 13.7. The Hall–Kier alpha value is -1.72. The second-order valence-electron chi connectivity index (χ2n) is 5.87. The fourth-order valence-electron chi connectivity index (χ4n) is 3.02. The van der Waals surface area contributed by atoms with Gasteiger partial charge in [-0.3, -0.25) is 0 Å². The second kappa shape index (κ2) is 7.03. The van der Waals surface area contributed by atoms with Crippen molar-refractivity contribution in [3.05, 3.63) is 65.0 Å². The molecule has 1 saturated carbocycles. The Morgan fingerprint density at radius 3 is 2.32 bits per heavy atom. The van der Waals surface area contributed by atoms with Gasteiger partial charge in [-0.25, -0.2) is 4.39 Å². The van der Waals surface area contributed by atoms with Gasteiger partial charge in [0, 0.05) is 10.5 Å². The molecule has 0 saturated heterocycles. The lowest BCUT2D eigenvalue weighted by molar-refractivity contribution is 0.443. The van der Waals surface area contributed by atoms with Crippen molar-refractivity contribution in [2.75, 3.05) is 0 Å². The van der Waals surface area contributed by atoms with Crippen LogP contribution in [-0.2, 0) is 0 Å². The Kier molecular flexibility index (Phi) is 4.85. The highest BCUT2D eigenvalue weighted by molar-refractivity contribution is 7.80. The third-order valence-electron chi connectivity index (χ3n) is 4.28. The number of hydrogen-bond donors (Lipinski definition) is 1. The van der Waals surface area contributed by atoms with Crippen LogP contribution in [0.25, 0.3) is 0 Å². The van der Waals surface area contributed by atoms with Gasteiger partial charge in [0.05, 0.1) is 5.56 Å². The van der Waals surface area contributed by atoms with Crippen molar-refractivity contribution in [1.82, 2.24) is 0 Å². The van der Waals surface area contributed by atoms with Crippen LogP contribution in [0, 0.1) is 17.7 Å². The Bertz CT molecular complexity index is 701. The van der Waals surface area contributed by atoms with E-state index in [0.29, 0.717) is 16.4 Å². The quantitative estimate of drug-likeness (QED) is 0.517. The topological polar surface area (TPSA) is 0 Å². The van der Waals surface area contributed by atoms with E-state index in [4.69, 9.17) is 0 Å². The van der Waals surface area contributed by atoms with E-state index in [-0.39, 0.29) is 5.82 Å². The van der Waals surface area contributed by atoms with E-state index >= 15 is 0 Å². The summed E-state index contributed by atoms with van der Waals surface area (Å²) in [4.78, 5) is 0.611. The molecule has 0 bridgehead atoms. The summed E-state index contributed by atoms with van der Waals surface area (Å²) in [5.74, 6) is 6.32. The summed E-state index contributed by atoms with van der Waals surface area (Å²) >= 11 is 4.11. The normalized spacial score (nSPS) is 15.2. The molecule has 0 amide bonds. The van der Waals surface area contributed by atoms with Crippen molar-refractivity contribution in [3.8, 4) is 11.8 Å². The van der Waals surface area contributed by atoms with Crippen LogP contribution in [0.15, 0.2) is 47.4 Å². The molecule has 0 N–H and O–H groups in total. The maximum Gasteiger partial charge on any atom is 0.139 e. The Morgan fingerprint density at radius 1 is 0.909 bits per heavy atom. The van der Waals surface area contributed by atoms with Gasteiger partial charge >= 0.3 is 0 Å². The number of hydrogen-bond acceptors (Lipinski definition) is 1. The molecule has 0 heterocycles. The van der Waals surface area contributed by atoms with Gasteiger partial charge < -0.3 is 0 Å². The molecule has 2 aromatic rings. The van der Waals surface area contributed by atoms with Gasteiger partial charge in [-0.1, -0.05) is 43.2 Å². The molecule has 0 spiro atoms. The van der Waals surface area contributed by atoms with E-state index in [1.165, 1.54) is 43.7 Å². The summed E-state index contributed by atoms with van der Waals surface area (Å²) in [5.41, 5.74) is 2.75. The van der Waals surface area contributed by atoms with Crippen LogP contribution >= 0.6 is 12.6 Å². The fraction of sp³-hybridized carbons (Fsp3) is 0.300. The smallest absolute Gasteiger partial charge is 0.139 e. The average Bonchev–Trinajstić information content (AvgIpc) is 2.55. The summed E-state index contributed by atoms with van der Waals surface area (Å²) in [5, 5.41) is 0. The molecule has 3 rings (SSSR count). The maximum absolute atomic E-state index is 13.7. The molecular formula is C20H19FS. The van der Waals surface area contributed by atoms with Gasteiger partial charge in [0.15, 0.2) is 0 Å². The summed E-state index contributed by atoms with van der Waals surface area (Å²) in [6.45, 7) is 0. The van der Waals surface area contributed by atoms with E-state index in [2.05, 4.69) is 36.6 Å². The van der Waals surface area contributed by atoms with Crippen molar-refractivity contribution in [2.45, 2.75) is 42.9 Å². The highest BCUT2D eigenvalue weighted by atomic mass is 32.1. The van der Waals surface area contributed by atoms with Crippen LogP contribution in [0.4, 0.5) is 4.39 Å². The Labute approximate surface area is 137 Å². The van der Waals surface area contributed by atoms with E-state index in [1.54, 1.807) is 12.1 Å². The highest BCUT2D eigenvalue weighted by Gasteiger charge is 2.14. The second-order valence-corrected chi connectivity index (χ2v) is 6.39. The monoisotopic (exact) mass is 310 g/mol. The molecule has 1 aliphatic rings. The summed E-state index contributed by atoms with van der Waals surface area (Å²) in [6, 6.07) is 13.2. The van der Waals surface area contributed by atoms with Crippen LogP contribution < -0.4 is 0 Å². The highest BCUT2D eigenvalue weighted by Crippen LogP contribution is 2.32. The first-order valence-electron chi connectivity index (χ1n) is 7.83. The average molecular weight is 310 g/mol. The largest absolute Gasteiger partial charge is 0.206 e. The third kappa shape index (κ3) is 3.72. The Morgan fingerprint density at radius 2 is 1.64 bits per heavy atom. The standard InChI is InChI=1S/C20H19FS/c21-20-14-19(22)13-12-18(20)11-8-15-6-9-17(10-7-15)16-4-2-1-3-5-16/h6-7,9-10,12-14,16,22H,1-5H2. The molecular weight excluding hydrogens is 291 g/mol. The molecule has 0 radical (unpaired) electrons. The van der Waals surface area contributed by atoms with Crippen molar-refractivity contribution in [1.29, 1.82) is 0 Å². The van der Waals surface area contributed by atoms with E-state index < -0.39 is 0 Å². The Balaban J connectivity index is 1.75. The lowest BCUT2D eigenvalue weighted by Gasteiger charge is -2.21. The first-order valence-corrected chi connectivity index (χ1v) is 8.27. The first kappa shape index (κ1) is 15.2. The lowest BCUT2D eigenvalue weighted by Crippen LogP contribution is -2.04. The molecule has 0 nitrogen and oxygen atoms in total.